The highest BCUT2D eigenvalue weighted by molar-refractivity contribution is 5.80. The lowest BCUT2D eigenvalue weighted by atomic mass is 9.90. The normalized spacial score (nSPS) is 17.2. The summed E-state index contributed by atoms with van der Waals surface area (Å²) in [5.41, 5.74) is 2.42. The molecule has 1 saturated heterocycles. The van der Waals surface area contributed by atoms with Gasteiger partial charge < -0.3 is 24.2 Å². The smallest absolute Gasteiger partial charge is 0.416 e. The maximum absolute atomic E-state index is 15.2. The van der Waals surface area contributed by atoms with Crippen molar-refractivity contribution >= 4 is 11.4 Å². The molecule has 2 aliphatic rings. The van der Waals surface area contributed by atoms with Crippen molar-refractivity contribution < 1.29 is 36.7 Å². The Morgan fingerprint density at radius 3 is 2.61 bits per heavy atom. The van der Waals surface area contributed by atoms with Crippen molar-refractivity contribution in [1.29, 1.82) is 0 Å². The van der Waals surface area contributed by atoms with Crippen molar-refractivity contribution in [2.24, 2.45) is 0 Å². The van der Waals surface area contributed by atoms with E-state index in [1.54, 1.807) is 35.4 Å². The molecule has 51 heavy (non-hydrogen) atoms. The van der Waals surface area contributed by atoms with Gasteiger partial charge in [0.1, 0.15) is 17.9 Å². The molecule has 268 valence electrons. The SMILES string of the molecule is CCC1c2cc(Oc3c(F)cnn4cc(-c5noc(CO)n5)cc34)ccc2CCN1C(=O)Cc1ccc(CN2CCN(C)CC2)c(C(F)(F)F)c1. The quantitative estimate of drug-likeness (QED) is 0.194. The number of carbonyl (C=O) groups excluding carboxylic acids is 1. The van der Waals surface area contributed by atoms with E-state index in [4.69, 9.17) is 9.26 Å². The predicted molar refractivity (Wildman–Crippen MR) is 177 cm³/mol. The second-order valence-corrected chi connectivity index (χ2v) is 13.0. The molecule has 7 rings (SSSR count). The van der Waals surface area contributed by atoms with E-state index in [1.807, 2.05) is 24.9 Å². The molecule has 5 heterocycles. The molecule has 0 radical (unpaired) electrons. The molecule has 2 aromatic carbocycles. The van der Waals surface area contributed by atoms with Gasteiger partial charge in [-0.05, 0) is 66.4 Å². The molecule has 15 heteroatoms. The van der Waals surface area contributed by atoms with E-state index < -0.39 is 24.2 Å². The van der Waals surface area contributed by atoms with Crippen LogP contribution in [0.1, 0.15) is 53.1 Å². The van der Waals surface area contributed by atoms with Crippen molar-refractivity contribution in [3.05, 3.63) is 94.4 Å². The minimum absolute atomic E-state index is 0.0311. The number of aliphatic hydroxyl groups is 1. The summed E-state index contributed by atoms with van der Waals surface area (Å²) in [5.74, 6) is -0.502. The Kier molecular flexibility index (Phi) is 9.52. The highest BCUT2D eigenvalue weighted by Crippen LogP contribution is 2.39. The zero-order valence-electron chi connectivity index (χ0n) is 28.2. The first kappa shape index (κ1) is 34.6. The van der Waals surface area contributed by atoms with Crippen LogP contribution in [0.3, 0.4) is 0 Å². The molecule has 2 aliphatic heterocycles. The van der Waals surface area contributed by atoms with E-state index in [0.717, 1.165) is 36.5 Å². The number of likely N-dealkylation sites (N-methyl/N-ethyl adjacent to an activating group) is 1. The summed E-state index contributed by atoms with van der Waals surface area (Å²) in [6, 6.07) is 10.9. The van der Waals surface area contributed by atoms with E-state index >= 15 is 4.39 Å². The minimum atomic E-state index is -4.55. The van der Waals surface area contributed by atoms with Gasteiger partial charge in [0, 0.05) is 51.0 Å². The molecule has 1 fully saturated rings. The number of amides is 1. The van der Waals surface area contributed by atoms with Crippen molar-refractivity contribution in [2.75, 3.05) is 39.8 Å². The molecule has 0 saturated carbocycles. The number of rotatable bonds is 9. The van der Waals surface area contributed by atoms with Crippen molar-refractivity contribution in [3.8, 4) is 22.9 Å². The van der Waals surface area contributed by atoms with Crippen LogP contribution in [0.25, 0.3) is 16.9 Å². The molecule has 1 unspecified atom stereocenters. The fourth-order valence-corrected chi connectivity index (χ4v) is 6.92. The van der Waals surface area contributed by atoms with Gasteiger partial charge in [-0.2, -0.15) is 23.3 Å². The Labute approximate surface area is 291 Å². The van der Waals surface area contributed by atoms with Crippen LogP contribution in [0.5, 0.6) is 11.5 Å². The summed E-state index contributed by atoms with van der Waals surface area (Å²) in [7, 11) is 2.00. The number of alkyl halides is 3. The van der Waals surface area contributed by atoms with Gasteiger partial charge in [-0.25, -0.2) is 8.91 Å². The van der Waals surface area contributed by atoms with Gasteiger partial charge in [-0.15, -0.1) is 0 Å². The molecule has 1 atom stereocenters. The topological polar surface area (TPSA) is 112 Å². The molecule has 1 N–H and O–H groups in total. The third kappa shape index (κ3) is 7.18. The minimum Gasteiger partial charge on any atom is -0.452 e. The van der Waals surface area contributed by atoms with Gasteiger partial charge in [0.25, 0.3) is 5.89 Å². The Bertz CT molecular complexity index is 2060. The van der Waals surface area contributed by atoms with Crippen LogP contribution in [-0.2, 0) is 37.0 Å². The van der Waals surface area contributed by atoms with Gasteiger partial charge in [0.2, 0.25) is 11.7 Å². The fraction of sp³-hybridized carbons (Fsp3) is 0.389. The second-order valence-electron chi connectivity index (χ2n) is 13.0. The largest absolute Gasteiger partial charge is 0.452 e. The number of aliphatic hydroxyl groups excluding tert-OH is 1. The monoisotopic (exact) mass is 707 g/mol. The predicted octanol–water partition coefficient (Wildman–Crippen LogP) is 5.65. The third-order valence-electron chi connectivity index (χ3n) is 9.63. The molecule has 0 bridgehead atoms. The summed E-state index contributed by atoms with van der Waals surface area (Å²) >= 11 is 0. The number of nitrogens with zero attached hydrogens (tertiary/aromatic N) is 7. The summed E-state index contributed by atoms with van der Waals surface area (Å²) in [5, 5.41) is 17.2. The van der Waals surface area contributed by atoms with Crippen LogP contribution in [0.2, 0.25) is 0 Å². The Hall–Kier alpha value is -4.86. The molecular formula is C36H37F4N7O4. The first-order chi connectivity index (χ1) is 24.5. The zero-order valence-corrected chi connectivity index (χ0v) is 28.2. The Morgan fingerprint density at radius 2 is 1.88 bits per heavy atom. The maximum atomic E-state index is 15.2. The molecule has 5 aromatic rings. The van der Waals surface area contributed by atoms with Crippen LogP contribution in [0.15, 0.2) is 59.4 Å². The number of halogens is 4. The number of piperazine rings is 1. The third-order valence-corrected chi connectivity index (χ3v) is 9.63. The Balaban J connectivity index is 1.10. The first-order valence-electron chi connectivity index (χ1n) is 16.8. The summed E-state index contributed by atoms with van der Waals surface area (Å²) in [6.07, 6.45) is -1.01. The van der Waals surface area contributed by atoms with Crippen molar-refractivity contribution in [1.82, 2.24) is 34.5 Å². The number of benzene rings is 2. The highest BCUT2D eigenvalue weighted by atomic mass is 19.4. The molecule has 1 amide bonds. The van der Waals surface area contributed by atoms with Crippen LogP contribution >= 0.6 is 0 Å². The zero-order chi connectivity index (χ0) is 35.9. The van der Waals surface area contributed by atoms with Gasteiger partial charge in [-0.3, -0.25) is 9.69 Å². The molecule has 0 aliphatic carbocycles. The lowest BCUT2D eigenvalue weighted by Gasteiger charge is -2.37. The molecule has 0 spiro atoms. The number of hydrogen-bond donors (Lipinski definition) is 1. The number of carbonyl (C=O) groups is 1. The van der Waals surface area contributed by atoms with E-state index in [1.165, 1.54) is 10.6 Å². The van der Waals surface area contributed by atoms with Crippen LogP contribution in [0, 0.1) is 5.82 Å². The van der Waals surface area contributed by atoms with Crippen LogP contribution in [-0.4, -0.2) is 85.2 Å². The summed E-state index contributed by atoms with van der Waals surface area (Å²) < 4.78 is 70.4. The van der Waals surface area contributed by atoms with E-state index in [-0.39, 0.29) is 47.9 Å². The van der Waals surface area contributed by atoms with Crippen LogP contribution in [0.4, 0.5) is 17.6 Å². The van der Waals surface area contributed by atoms with E-state index in [9.17, 15) is 23.1 Å². The number of fused-ring (bicyclic) bond motifs is 2. The summed E-state index contributed by atoms with van der Waals surface area (Å²) in [4.78, 5) is 23.7. The van der Waals surface area contributed by atoms with E-state index in [0.29, 0.717) is 54.9 Å². The fourth-order valence-electron chi connectivity index (χ4n) is 6.92. The second kappa shape index (κ2) is 14.0. The Morgan fingerprint density at radius 1 is 1.08 bits per heavy atom. The highest BCUT2D eigenvalue weighted by Gasteiger charge is 2.35. The number of hydrogen-bond acceptors (Lipinski definition) is 9. The maximum Gasteiger partial charge on any atom is 0.416 e. The average molecular weight is 708 g/mol. The molecule has 11 nitrogen and oxygen atoms in total. The average Bonchev–Trinajstić information content (AvgIpc) is 3.78. The van der Waals surface area contributed by atoms with Gasteiger partial charge in [0.15, 0.2) is 11.6 Å². The van der Waals surface area contributed by atoms with Gasteiger partial charge in [0.05, 0.1) is 24.2 Å². The van der Waals surface area contributed by atoms with Crippen LogP contribution < -0.4 is 4.74 Å². The number of ether oxygens (including phenoxy) is 1. The van der Waals surface area contributed by atoms with Gasteiger partial charge >= 0.3 is 6.18 Å². The lowest BCUT2D eigenvalue weighted by molar-refractivity contribution is -0.139. The summed E-state index contributed by atoms with van der Waals surface area (Å²) in [6.45, 7) is 5.12. The first-order valence-corrected chi connectivity index (χ1v) is 16.8. The molecule has 3 aromatic heterocycles. The van der Waals surface area contributed by atoms with Crippen molar-refractivity contribution in [2.45, 2.75) is 51.6 Å². The lowest BCUT2D eigenvalue weighted by Crippen LogP contribution is -2.44. The number of aromatic nitrogens is 4. The van der Waals surface area contributed by atoms with Crippen molar-refractivity contribution in [3.63, 3.8) is 0 Å². The molecular weight excluding hydrogens is 670 g/mol. The standard InChI is InChI=1S/C36H37F4N7O4/c1-3-30-27-17-26(50-34-29(37)18-41-47-20-25(16-31(34)47)35-42-32(21-48)51-43-35)7-6-23(27)8-9-46(30)33(49)15-22-4-5-24(28(14-22)36(38,39)40)19-45-12-10-44(2)11-13-45/h4-7,14,16-18,20,30,48H,3,8-13,15,19,21H2,1-2H3. The van der Waals surface area contributed by atoms with Gasteiger partial charge in [-0.1, -0.05) is 30.3 Å². The van der Waals surface area contributed by atoms with E-state index in [2.05, 4.69) is 20.1 Å².